The quantitative estimate of drug-likeness (QED) is 0.793. The predicted molar refractivity (Wildman–Crippen MR) is 66.0 cm³/mol. The molecule has 0 amide bonds. The van der Waals surface area contributed by atoms with Gasteiger partial charge in [0.15, 0.2) is 0 Å². The van der Waals surface area contributed by atoms with Crippen LogP contribution in [0.15, 0.2) is 24.3 Å². The summed E-state index contributed by atoms with van der Waals surface area (Å²) < 4.78 is 0. The molecule has 0 spiro atoms. The Morgan fingerprint density at radius 1 is 1.33 bits per heavy atom. The predicted octanol–water partition coefficient (Wildman–Crippen LogP) is 2.03. The molecule has 1 rings (SSSR count). The molecule has 2 nitrogen and oxygen atoms in total. The lowest BCUT2D eigenvalue weighted by atomic mass is 10.1. The van der Waals surface area contributed by atoms with Gasteiger partial charge in [0.1, 0.15) is 0 Å². The van der Waals surface area contributed by atoms with Crippen LogP contribution < -0.4 is 5.32 Å². The second kappa shape index (κ2) is 5.89. The Labute approximate surface area is 93.3 Å². The van der Waals surface area contributed by atoms with Gasteiger partial charge in [-0.25, -0.2) is 0 Å². The van der Waals surface area contributed by atoms with Gasteiger partial charge in [0.25, 0.3) is 0 Å². The van der Waals surface area contributed by atoms with E-state index in [1.54, 1.807) is 0 Å². The van der Waals surface area contributed by atoms with E-state index in [1.807, 2.05) is 7.05 Å². The first-order valence-electron chi connectivity index (χ1n) is 5.53. The lowest BCUT2D eigenvalue weighted by molar-refractivity contribution is 0.295. The van der Waals surface area contributed by atoms with Crippen molar-refractivity contribution in [3.05, 3.63) is 35.4 Å². The molecule has 0 saturated heterocycles. The summed E-state index contributed by atoms with van der Waals surface area (Å²) in [6, 6.07) is 9.12. The number of nitrogens with one attached hydrogen (secondary N) is 1. The zero-order valence-corrected chi connectivity index (χ0v) is 10.2. The Hall–Kier alpha value is -0.860. The van der Waals surface area contributed by atoms with Gasteiger partial charge in [0, 0.05) is 19.1 Å². The molecule has 1 unspecified atom stereocenters. The maximum atomic E-state index is 3.25. The lowest BCUT2D eigenvalue weighted by Crippen LogP contribution is -2.35. The van der Waals surface area contributed by atoms with E-state index in [4.69, 9.17) is 0 Å². The van der Waals surface area contributed by atoms with Crippen LogP contribution in [-0.2, 0) is 6.54 Å². The average Bonchev–Trinajstić information content (AvgIpc) is 2.21. The first-order chi connectivity index (χ1) is 7.13. The largest absolute Gasteiger partial charge is 0.316 e. The van der Waals surface area contributed by atoms with Crippen molar-refractivity contribution < 1.29 is 0 Å². The van der Waals surface area contributed by atoms with Gasteiger partial charge in [-0.15, -0.1) is 0 Å². The number of benzene rings is 1. The molecule has 0 aliphatic heterocycles. The van der Waals surface area contributed by atoms with Crippen molar-refractivity contribution in [2.24, 2.45) is 0 Å². The summed E-state index contributed by atoms with van der Waals surface area (Å²) in [7, 11) is 4.17. The van der Waals surface area contributed by atoms with Crippen LogP contribution in [0.3, 0.4) is 0 Å². The minimum Gasteiger partial charge on any atom is -0.316 e. The standard InChI is InChI=1S/C13H22N2/c1-11-7-5-6-8-13(11)10-15(4)9-12(2)14-3/h5-8,12,14H,9-10H2,1-4H3. The molecule has 0 fully saturated rings. The molecule has 1 aromatic rings. The van der Waals surface area contributed by atoms with E-state index in [0.29, 0.717) is 6.04 Å². The van der Waals surface area contributed by atoms with Crippen LogP contribution in [-0.4, -0.2) is 31.6 Å². The first-order valence-corrected chi connectivity index (χ1v) is 5.53. The highest BCUT2D eigenvalue weighted by Crippen LogP contribution is 2.09. The maximum Gasteiger partial charge on any atom is 0.0233 e. The third-order valence-corrected chi connectivity index (χ3v) is 2.78. The van der Waals surface area contributed by atoms with Gasteiger partial charge < -0.3 is 10.2 Å². The number of nitrogens with zero attached hydrogens (tertiary/aromatic N) is 1. The molecule has 1 aromatic carbocycles. The van der Waals surface area contributed by atoms with Gasteiger partial charge in [0.05, 0.1) is 0 Å². The average molecular weight is 206 g/mol. The number of likely N-dealkylation sites (N-methyl/N-ethyl adjacent to an activating group) is 2. The van der Waals surface area contributed by atoms with Crippen molar-refractivity contribution >= 4 is 0 Å². The van der Waals surface area contributed by atoms with Crippen LogP contribution in [0.25, 0.3) is 0 Å². The third kappa shape index (κ3) is 4.02. The zero-order valence-electron chi connectivity index (χ0n) is 10.2. The van der Waals surface area contributed by atoms with Gasteiger partial charge >= 0.3 is 0 Å². The fourth-order valence-electron chi connectivity index (χ4n) is 1.70. The summed E-state index contributed by atoms with van der Waals surface area (Å²) in [5.41, 5.74) is 2.80. The minimum atomic E-state index is 0.541. The summed E-state index contributed by atoms with van der Waals surface area (Å²) in [6.45, 7) is 6.47. The van der Waals surface area contributed by atoms with Gasteiger partial charge in [-0.1, -0.05) is 24.3 Å². The minimum absolute atomic E-state index is 0.541. The van der Waals surface area contributed by atoms with Gasteiger partial charge in [-0.05, 0) is 39.1 Å². The molecule has 0 bridgehead atoms. The van der Waals surface area contributed by atoms with E-state index in [9.17, 15) is 0 Å². The molecule has 15 heavy (non-hydrogen) atoms. The highest BCUT2D eigenvalue weighted by atomic mass is 15.1. The Bertz CT molecular complexity index is 296. The van der Waals surface area contributed by atoms with Gasteiger partial charge in [-0.3, -0.25) is 0 Å². The van der Waals surface area contributed by atoms with Crippen LogP contribution >= 0.6 is 0 Å². The molecule has 0 saturated carbocycles. The van der Waals surface area contributed by atoms with E-state index in [1.165, 1.54) is 11.1 Å². The highest BCUT2D eigenvalue weighted by molar-refractivity contribution is 5.25. The molecule has 1 atom stereocenters. The SMILES string of the molecule is CNC(C)CN(C)Cc1ccccc1C. The van der Waals surface area contributed by atoms with E-state index < -0.39 is 0 Å². The fraction of sp³-hybridized carbons (Fsp3) is 0.538. The fourth-order valence-corrected chi connectivity index (χ4v) is 1.70. The molecule has 0 heterocycles. The van der Waals surface area contributed by atoms with Gasteiger partial charge in [0.2, 0.25) is 0 Å². The summed E-state index contributed by atoms with van der Waals surface area (Å²) in [6.07, 6.45) is 0. The molecule has 0 aliphatic rings. The highest BCUT2D eigenvalue weighted by Gasteiger charge is 2.05. The van der Waals surface area contributed by atoms with E-state index >= 15 is 0 Å². The number of hydrogen-bond acceptors (Lipinski definition) is 2. The molecule has 2 heteroatoms. The van der Waals surface area contributed by atoms with E-state index in [-0.39, 0.29) is 0 Å². The van der Waals surface area contributed by atoms with E-state index in [2.05, 4.69) is 55.4 Å². The second-order valence-corrected chi connectivity index (χ2v) is 4.31. The topological polar surface area (TPSA) is 15.3 Å². The summed E-state index contributed by atoms with van der Waals surface area (Å²) in [4.78, 5) is 2.35. The van der Waals surface area contributed by atoms with E-state index in [0.717, 1.165) is 13.1 Å². The molecular weight excluding hydrogens is 184 g/mol. The van der Waals surface area contributed by atoms with Crippen LogP contribution in [0.2, 0.25) is 0 Å². The first kappa shape index (κ1) is 12.2. The van der Waals surface area contributed by atoms with Crippen molar-refractivity contribution in [2.45, 2.75) is 26.4 Å². The van der Waals surface area contributed by atoms with Crippen LogP contribution in [0, 0.1) is 6.92 Å². The van der Waals surface area contributed by atoms with Crippen LogP contribution in [0.1, 0.15) is 18.1 Å². The summed E-state index contributed by atoms with van der Waals surface area (Å²) in [5, 5.41) is 3.25. The van der Waals surface area contributed by atoms with Crippen molar-refractivity contribution in [3.8, 4) is 0 Å². The van der Waals surface area contributed by atoms with Crippen molar-refractivity contribution in [1.82, 2.24) is 10.2 Å². The van der Waals surface area contributed by atoms with Gasteiger partial charge in [-0.2, -0.15) is 0 Å². The monoisotopic (exact) mass is 206 g/mol. The molecular formula is C13H22N2. The molecule has 1 N–H and O–H groups in total. The molecule has 84 valence electrons. The van der Waals surface area contributed by atoms with Crippen molar-refractivity contribution in [2.75, 3.05) is 20.6 Å². The van der Waals surface area contributed by atoms with Crippen LogP contribution in [0.4, 0.5) is 0 Å². The maximum absolute atomic E-state index is 3.25. The Morgan fingerprint density at radius 2 is 2.00 bits per heavy atom. The van der Waals surface area contributed by atoms with Crippen molar-refractivity contribution in [3.63, 3.8) is 0 Å². The Morgan fingerprint density at radius 3 is 2.60 bits per heavy atom. The molecule has 0 aliphatic carbocycles. The Kier molecular flexibility index (Phi) is 4.79. The van der Waals surface area contributed by atoms with Crippen LogP contribution in [0.5, 0.6) is 0 Å². The summed E-state index contributed by atoms with van der Waals surface area (Å²) in [5.74, 6) is 0. The number of aryl methyl sites for hydroxylation is 1. The molecule has 0 radical (unpaired) electrons. The summed E-state index contributed by atoms with van der Waals surface area (Å²) >= 11 is 0. The molecule has 0 aromatic heterocycles. The Balaban J connectivity index is 2.51. The third-order valence-electron chi connectivity index (χ3n) is 2.78. The van der Waals surface area contributed by atoms with Crippen molar-refractivity contribution in [1.29, 1.82) is 0 Å². The normalized spacial score (nSPS) is 13.1. The smallest absolute Gasteiger partial charge is 0.0233 e. The second-order valence-electron chi connectivity index (χ2n) is 4.31. The lowest BCUT2D eigenvalue weighted by Gasteiger charge is -2.21. The number of rotatable bonds is 5. The number of hydrogen-bond donors (Lipinski definition) is 1. The zero-order chi connectivity index (χ0) is 11.3.